The molecule has 2 rings (SSSR count). The first-order valence-electron chi connectivity index (χ1n) is 6.64. The molecule has 1 heteroatoms. The number of hydrogen-bond acceptors (Lipinski definition) is 0. The zero-order chi connectivity index (χ0) is 13.1. The molecule has 0 heterocycles. The average molecular weight is 294 g/mol. The van der Waals surface area contributed by atoms with Crippen LogP contribution >= 0.6 is 0 Å². The van der Waals surface area contributed by atoms with Crippen LogP contribution in [0.2, 0.25) is 0 Å². The van der Waals surface area contributed by atoms with Crippen molar-refractivity contribution in [2.75, 3.05) is 0 Å². The molecule has 0 saturated carbocycles. The van der Waals surface area contributed by atoms with Crippen molar-refractivity contribution in [3.63, 3.8) is 0 Å². The molecule has 0 fully saturated rings. The molecule has 0 aromatic heterocycles. The van der Waals surface area contributed by atoms with Crippen molar-refractivity contribution in [2.45, 2.75) is 26.7 Å². The second kappa shape index (κ2) is 11.8. The fourth-order valence-corrected chi connectivity index (χ4v) is 1.56. The summed E-state index contributed by atoms with van der Waals surface area (Å²) in [5.74, 6) is 0. The second-order valence-corrected chi connectivity index (χ2v) is 4.02. The third-order valence-electron chi connectivity index (χ3n) is 2.51. The van der Waals surface area contributed by atoms with Crippen molar-refractivity contribution in [3.8, 4) is 0 Å². The molecule has 19 heavy (non-hydrogen) atoms. The molecule has 0 aliphatic rings. The largest absolute Gasteiger partial charge is 2.00 e. The molecule has 102 valence electrons. The Labute approximate surface area is 128 Å². The Morgan fingerprint density at radius 1 is 1.05 bits per heavy atom. The molecule has 0 spiro atoms. The molecule has 0 saturated heterocycles. The Hall–Kier alpha value is -1.30. The third kappa shape index (κ3) is 7.66. The van der Waals surface area contributed by atoms with Gasteiger partial charge in [0.2, 0.25) is 0 Å². The van der Waals surface area contributed by atoms with E-state index in [1.807, 2.05) is 30.3 Å². The number of rotatable bonds is 4. The van der Waals surface area contributed by atoms with Crippen molar-refractivity contribution < 1.29 is 17.1 Å². The third-order valence-corrected chi connectivity index (χ3v) is 2.51. The Bertz CT molecular complexity index is 398. The van der Waals surface area contributed by atoms with Crippen LogP contribution in [0.25, 0.3) is 12.2 Å². The maximum atomic E-state index is 2.19. The molecule has 0 aliphatic heterocycles. The SMILES string of the molecule is CCC=Cc1ccc[c-]1C=CCC.[Fe+2].c1cc[cH-]c1. The van der Waals surface area contributed by atoms with Crippen molar-refractivity contribution in [2.24, 2.45) is 0 Å². The van der Waals surface area contributed by atoms with Gasteiger partial charge < -0.3 is 0 Å². The topological polar surface area (TPSA) is 0 Å². The van der Waals surface area contributed by atoms with E-state index in [0.717, 1.165) is 12.8 Å². The molecule has 2 aromatic carbocycles. The van der Waals surface area contributed by atoms with Gasteiger partial charge in [0.1, 0.15) is 0 Å². The van der Waals surface area contributed by atoms with E-state index >= 15 is 0 Å². The van der Waals surface area contributed by atoms with Crippen LogP contribution < -0.4 is 0 Å². The summed E-state index contributed by atoms with van der Waals surface area (Å²) in [4.78, 5) is 0. The molecule has 0 N–H and O–H groups in total. The summed E-state index contributed by atoms with van der Waals surface area (Å²) in [6, 6.07) is 16.4. The maximum absolute atomic E-state index is 2.19. The first kappa shape index (κ1) is 17.7. The summed E-state index contributed by atoms with van der Waals surface area (Å²) in [6.07, 6.45) is 11.0. The molecule has 0 aliphatic carbocycles. The van der Waals surface area contributed by atoms with E-state index < -0.39 is 0 Å². The van der Waals surface area contributed by atoms with E-state index in [0.29, 0.717) is 0 Å². The van der Waals surface area contributed by atoms with Gasteiger partial charge in [0.05, 0.1) is 0 Å². The van der Waals surface area contributed by atoms with Crippen LogP contribution in [-0.4, -0.2) is 0 Å². The van der Waals surface area contributed by atoms with Crippen molar-refractivity contribution in [1.29, 1.82) is 0 Å². The van der Waals surface area contributed by atoms with Crippen LogP contribution in [0.1, 0.15) is 37.8 Å². The first-order valence-corrected chi connectivity index (χ1v) is 6.64. The minimum atomic E-state index is 0. The Morgan fingerprint density at radius 3 is 2.26 bits per heavy atom. The predicted molar refractivity (Wildman–Crippen MR) is 82.7 cm³/mol. The fourth-order valence-electron chi connectivity index (χ4n) is 1.56. The maximum Gasteiger partial charge on any atom is 2.00 e. The van der Waals surface area contributed by atoms with E-state index in [1.54, 1.807) is 0 Å². The minimum Gasteiger partial charge on any atom is -0.214 e. The summed E-state index contributed by atoms with van der Waals surface area (Å²) >= 11 is 0. The molecular formula is C18H22Fe. The normalized spacial score (nSPS) is 10.2. The van der Waals surface area contributed by atoms with Gasteiger partial charge in [-0.25, -0.2) is 12.1 Å². The van der Waals surface area contributed by atoms with E-state index in [4.69, 9.17) is 0 Å². The van der Waals surface area contributed by atoms with Crippen LogP contribution in [0.4, 0.5) is 0 Å². The van der Waals surface area contributed by atoms with Crippen LogP contribution in [0.15, 0.2) is 60.7 Å². The summed E-state index contributed by atoms with van der Waals surface area (Å²) < 4.78 is 0. The summed E-state index contributed by atoms with van der Waals surface area (Å²) in [6.45, 7) is 4.31. The smallest absolute Gasteiger partial charge is 0.214 e. The predicted octanol–water partition coefficient (Wildman–Crippen LogP) is 5.65. The summed E-state index contributed by atoms with van der Waals surface area (Å²) in [7, 11) is 0. The van der Waals surface area contributed by atoms with E-state index in [9.17, 15) is 0 Å². The van der Waals surface area contributed by atoms with E-state index in [-0.39, 0.29) is 17.1 Å². The van der Waals surface area contributed by atoms with Gasteiger partial charge in [0.15, 0.2) is 0 Å². The standard InChI is InChI=1S/C13H17.C5H5.Fe/c1-3-5-8-12-10-7-11-13(12)9-6-4-2;1-2-4-5-3-1;/h5-11H,3-4H2,1-2H3;1-5H;/q2*-1;+2. The molecule has 0 atom stereocenters. The second-order valence-electron chi connectivity index (χ2n) is 4.02. The monoisotopic (exact) mass is 294 g/mol. The quantitative estimate of drug-likeness (QED) is 0.504. The zero-order valence-electron chi connectivity index (χ0n) is 11.7. The van der Waals surface area contributed by atoms with E-state index in [1.165, 1.54) is 11.1 Å². The van der Waals surface area contributed by atoms with Crippen molar-refractivity contribution >= 4 is 12.2 Å². The fraction of sp³-hybridized carbons (Fsp3) is 0.222. The molecule has 0 unspecified atom stereocenters. The molecule has 0 amide bonds. The molecule has 0 nitrogen and oxygen atoms in total. The van der Waals surface area contributed by atoms with Gasteiger partial charge >= 0.3 is 17.1 Å². The Balaban J connectivity index is 0.000000454. The molecular weight excluding hydrogens is 272 g/mol. The van der Waals surface area contributed by atoms with Gasteiger partial charge in [-0.1, -0.05) is 25.8 Å². The summed E-state index contributed by atoms with van der Waals surface area (Å²) in [5, 5.41) is 0. The van der Waals surface area contributed by atoms with Gasteiger partial charge in [0, 0.05) is 0 Å². The van der Waals surface area contributed by atoms with Crippen LogP contribution in [0.3, 0.4) is 0 Å². The van der Waals surface area contributed by atoms with Gasteiger partial charge in [-0.15, -0.1) is 35.9 Å². The van der Waals surface area contributed by atoms with Crippen molar-refractivity contribution in [1.82, 2.24) is 0 Å². The van der Waals surface area contributed by atoms with Gasteiger partial charge in [-0.05, 0) is 6.42 Å². The number of hydrogen-bond donors (Lipinski definition) is 0. The molecule has 0 radical (unpaired) electrons. The first-order chi connectivity index (χ1) is 8.88. The Morgan fingerprint density at radius 2 is 1.74 bits per heavy atom. The number of allylic oxidation sites excluding steroid dienone is 2. The van der Waals surface area contributed by atoms with Gasteiger partial charge in [0.25, 0.3) is 0 Å². The van der Waals surface area contributed by atoms with Crippen LogP contribution in [0.5, 0.6) is 0 Å². The van der Waals surface area contributed by atoms with Gasteiger partial charge in [-0.3, -0.25) is 0 Å². The van der Waals surface area contributed by atoms with Crippen molar-refractivity contribution in [3.05, 3.63) is 71.8 Å². The zero-order valence-corrected chi connectivity index (χ0v) is 12.8. The minimum absolute atomic E-state index is 0. The van der Waals surface area contributed by atoms with Crippen LogP contribution in [-0.2, 0) is 17.1 Å². The Kier molecular flexibility index (Phi) is 11.0. The van der Waals surface area contributed by atoms with E-state index in [2.05, 4.69) is 56.4 Å². The molecule has 2 aromatic rings. The summed E-state index contributed by atoms with van der Waals surface area (Å²) in [5.41, 5.74) is 2.65. The van der Waals surface area contributed by atoms with Crippen LogP contribution in [0, 0.1) is 0 Å². The molecule has 0 bridgehead atoms. The van der Waals surface area contributed by atoms with Gasteiger partial charge in [-0.2, -0.15) is 30.3 Å². The average Bonchev–Trinajstić information content (AvgIpc) is 3.07.